The summed E-state index contributed by atoms with van der Waals surface area (Å²) >= 11 is 0. The summed E-state index contributed by atoms with van der Waals surface area (Å²) in [5.74, 6) is 0. The van der Waals surface area contributed by atoms with E-state index in [-0.39, 0.29) is 5.69 Å². The first-order chi connectivity index (χ1) is 9.75. The van der Waals surface area contributed by atoms with Gasteiger partial charge < -0.3 is 10.4 Å². The van der Waals surface area contributed by atoms with Crippen molar-refractivity contribution in [1.29, 1.82) is 0 Å². The van der Waals surface area contributed by atoms with Crippen LogP contribution in [0.3, 0.4) is 0 Å². The number of nitro benzene ring substituents is 1. The highest BCUT2D eigenvalue weighted by molar-refractivity contribution is 5.35. The lowest BCUT2D eigenvalue weighted by Crippen LogP contribution is -2.39. The highest BCUT2D eigenvalue weighted by atomic mass is 19.4. The van der Waals surface area contributed by atoms with Crippen molar-refractivity contribution in [3.05, 3.63) is 39.9 Å². The average molecular weight is 306 g/mol. The summed E-state index contributed by atoms with van der Waals surface area (Å²) < 4.78 is 36.8. The standard InChI is InChI=1S/C13H17F3N2O3/c1-2-4-11(17-8-12(19)13(14,15)16)9-5-3-6-10(7-9)18(20)21/h3,5-7,11-12,17,19H,2,4,8H2,1H3. The van der Waals surface area contributed by atoms with E-state index < -0.39 is 29.8 Å². The fraction of sp³-hybridized carbons (Fsp3) is 0.538. The molecule has 0 aromatic heterocycles. The number of hydrogen-bond donors (Lipinski definition) is 2. The van der Waals surface area contributed by atoms with Crippen LogP contribution < -0.4 is 5.32 Å². The van der Waals surface area contributed by atoms with E-state index in [9.17, 15) is 23.3 Å². The zero-order valence-corrected chi connectivity index (χ0v) is 11.4. The molecule has 0 aliphatic carbocycles. The zero-order chi connectivity index (χ0) is 16.0. The largest absolute Gasteiger partial charge is 0.415 e. The number of halogens is 3. The fourth-order valence-corrected chi connectivity index (χ4v) is 1.90. The lowest BCUT2D eigenvalue weighted by molar-refractivity contribution is -0.384. The Bertz CT molecular complexity index is 480. The van der Waals surface area contributed by atoms with E-state index in [1.54, 1.807) is 6.07 Å². The van der Waals surface area contributed by atoms with Crippen LogP contribution in [0.4, 0.5) is 18.9 Å². The predicted octanol–water partition coefficient (Wildman–Crippen LogP) is 2.95. The third kappa shape index (κ3) is 5.31. The van der Waals surface area contributed by atoms with Gasteiger partial charge in [0.25, 0.3) is 5.69 Å². The topological polar surface area (TPSA) is 75.4 Å². The lowest BCUT2D eigenvalue weighted by atomic mass is 10.0. The first-order valence-electron chi connectivity index (χ1n) is 6.48. The van der Waals surface area contributed by atoms with Crippen molar-refractivity contribution in [3.63, 3.8) is 0 Å². The molecular formula is C13H17F3N2O3. The molecule has 21 heavy (non-hydrogen) atoms. The van der Waals surface area contributed by atoms with Crippen molar-refractivity contribution >= 4 is 5.69 Å². The molecule has 0 fully saturated rings. The van der Waals surface area contributed by atoms with E-state index in [1.165, 1.54) is 18.2 Å². The van der Waals surface area contributed by atoms with Crippen LogP contribution in [0.2, 0.25) is 0 Å². The Balaban J connectivity index is 2.82. The van der Waals surface area contributed by atoms with Gasteiger partial charge >= 0.3 is 6.18 Å². The quantitative estimate of drug-likeness (QED) is 0.600. The molecule has 0 saturated carbocycles. The molecule has 2 unspecified atom stereocenters. The normalized spacial score (nSPS) is 14.7. The third-order valence-electron chi connectivity index (χ3n) is 3.00. The molecule has 0 aliphatic rings. The number of non-ortho nitro benzene ring substituents is 1. The molecule has 1 rings (SSSR count). The second kappa shape index (κ2) is 7.37. The molecule has 0 spiro atoms. The number of benzene rings is 1. The molecule has 0 radical (unpaired) electrons. The van der Waals surface area contributed by atoms with Crippen molar-refractivity contribution < 1.29 is 23.2 Å². The number of alkyl halides is 3. The van der Waals surface area contributed by atoms with Crippen molar-refractivity contribution in [2.24, 2.45) is 0 Å². The van der Waals surface area contributed by atoms with Crippen LogP contribution in [0.1, 0.15) is 31.4 Å². The molecular weight excluding hydrogens is 289 g/mol. The van der Waals surface area contributed by atoms with E-state index in [2.05, 4.69) is 5.32 Å². The van der Waals surface area contributed by atoms with E-state index in [0.717, 1.165) is 0 Å². The third-order valence-corrected chi connectivity index (χ3v) is 3.00. The Morgan fingerprint density at radius 2 is 2.10 bits per heavy atom. The summed E-state index contributed by atoms with van der Waals surface area (Å²) in [7, 11) is 0. The van der Waals surface area contributed by atoms with Crippen LogP contribution in [0.15, 0.2) is 24.3 Å². The summed E-state index contributed by atoms with van der Waals surface area (Å²) in [6.07, 6.45) is -5.96. The molecule has 1 aromatic carbocycles. The monoisotopic (exact) mass is 306 g/mol. The second-order valence-corrected chi connectivity index (χ2v) is 4.66. The van der Waals surface area contributed by atoms with Crippen LogP contribution in [0.25, 0.3) is 0 Å². The summed E-state index contributed by atoms with van der Waals surface area (Å²) in [6, 6.07) is 5.26. The van der Waals surface area contributed by atoms with Gasteiger partial charge in [0.1, 0.15) is 0 Å². The predicted molar refractivity (Wildman–Crippen MR) is 70.8 cm³/mol. The fourth-order valence-electron chi connectivity index (χ4n) is 1.90. The number of nitrogens with one attached hydrogen (secondary N) is 1. The van der Waals surface area contributed by atoms with E-state index in [1.807, 2.05) is 6.92 Å². The van der Waals surface area contributed by atoms with Gasteiger partial charge in [-0.25, -0.2) is 0 Å². The van der Waals surface area contributed by atoms with Crippen LogP contribution in [0, 0.1) is 10.1 Å². The summed E-state index contributed by atoms with van der Waals surface area (Å²) in [5.41, 5.74) is 0.409. The Kier molecular flexibility index (Phi) is 6.10. The van der Waals surface area contributed by atoms with E-state index in [0.29, 0.717) is 18.4 Å². The highest BCUT2D eigenvalue weighted by Gasteiger charge is 2.38. The van der Waals surface area contributed by atoms with Gasteiger partial charge in [-0.2, -0.15) is 13.2 Å². The highest BCUT2D eigenvalue weighted by Crippen LogP contribution is 2.24. The number of nitro groups is 1. The molecule has 2 N–H and O–H groups in total. The molecule has 5 nitrogen and oxygen atoms in total. The van der Waals surface area contributed by atoms with Crippen LogP contribution in [-0.2, 0) is 0 Å². The van der Waals surface area contributed by atoms with Gasteiger partial charge in [0.2, 0.25) is 0 Å². The minimum Gasteiger partial charge on any atom is -0.382 e. The van der Waals surface area contributed by atoms with Crippen molar-refractivity contribution in [3.8, 4) is 0 Å². The van der Waals surface area contributed by atoms with Crippen molar-refractivity contribution in [2.45, 2.75) is 38.1 Å². The molecule has 0 amide bonds. The Morgan fingerprint density at radius 1 is 1.43 bits per heavy atom. The van der Waals surface area contributed by atoms with E-state index >= 15 is 0 Å². The summed E-state index contributed by atoms with van der Waals surface area (Å²) in [5, 5.41) is 22.3. The van der Waals surface area contributed by atoms with Crippen LogP contribution >= 0.6 is 0 Å². The maximum Gasteiger partial charge on any atom is 0.415 e. The minimum absolute atomic E-state index is 0.119. The SMILES string of the molecule is CCCC(NCC(O)C(F)(F)F)c1cccc([N+](=O)[O-])c1. The average Bonchev–Trinajstić information content (AvgIpc) is 2.42. The molecule has 2 atom stereocenters. The van der Waals surface area contributed by atoms with Gasteiger partial charge in [-0.3, -0.25) is 10.1 Å². The van der Waals surface area contributed by atoms with Gasteiger partial charge in [-0.15, -0.1) is 0 Å². The molecule has 0 saturated heterocycles. The van der Waals surface area contributed by atoms with Gasteiger partial charge in [0.15, 0.2) is 6.10 Å². The number of nitrogens with zero attached hydrogens (tertiary/aromatic N) is 1. The number of aliphatic hydroxyl groups is 1. The molecule has 8 heteroatoms. The maximum atomic E-state index is 12.3. The van der Waals surface area contributed by atoms with Gasteiger partial charge in [0, 0.05) is 24.7 Å². The van der Waals surface area contributed by atoms with Crippen LogP contribution in [-0.4, -0.2) is 28.9 Å². The molecule has 0 heterocycles. The van der Waals surface area contributed by atoms with Crippen molar-refractivity contribution in [2.75, 3.05) is 6.54 Å². The number of hydrogen-bond acceptors (Lipinski definition) is 4. The maximum absolute atomic E-state index is 12.3. The smallest absolute Gasteiger partial charge is 0.382 e. The molecule has 118 valence electrons. The van der Waals surface area contributed by atoms with Gasteiger partial charge in [-0.1, -0.05) is 25.5 Å². The van der Waals surface area contributed by atoms with Crippen molar-refractivity contribution in [1.82, 2.24) is 5.32 Å². The second-order valence-electron chi connectivity index (χ2n) is 4.66. The molecule has 0 aliphatic heterocycles. The first kappa shape index (κ1) is 17.4. The Hall–Kier alpha value is -1.67. The Morgan fingerprint density at radius 3 is 2.62 bits per heavy atom. The molecule has 0 bridgehead atoms. The number of rotatable bonds is 7. The lowest BCUT2D eigenvalue weighted by Gasteiger charge is -2.22. The van der Waals surface area contributed by atoms with E-state index in [4.69, 9.17) is 5.11 Å². The van der Waals surface area contributed by atoms with Gasteiger partial charge in [-0.05, 0) is 12.0 Å². The summed E-state index contributed by atoms with van der Waals surface area (Å²) in [6.45, 7) is 1.20. The molecule has 1 aromatic rings. The Labute approximate surface area is 119 Å². The zero-order valence-electron chi connectivity index (χ0n) is 11.4. The first-order valence-corrected chi connectivity index (χ1v) is 6.48. The summed E-state index contributed by atoms with van der Waals surface area (Å²) in [4.78, 5) is 10.2. The van der Waals surface area contributed by atoms with Gasteiger partial charge in [0.05, 0.1) is 4.92 Å². The number of aliphatic hydroxyl groups excluding tert-OH is 1. The minimum atomic E-state index is -4.69. The van der Waals surface area contributed by atoms with Crippen LogP contribution in [0.5, 0.6) is 0 Å².